The third-order valence-corrected chi connectivity index (χ3v) is 8.35. The Morgan fingerprint density at radius 2 is 1.89 bits per heavy atom. The SMILES string of the molecule is CC12CC3CC(C1)CC([C@H](NBC=O)C(=O)N1C4C[C@H]4C[C@H]1C(N)=O)(C3)C2. The van der Waals surface area contributed by atoms with Crippen LogP contribution in [0.4, 0.5) is 0 Å². The molecule has 3 N–H and O–H groups in total. The lowest BCUT2D eigenvalue weighted by Crippen LogP contribution is -2.65. The van der Waals surface area contributed by atoms with Gasteiger partial charge in [0.05, 0.1) is 12.2 Å². The molecule has 1 saturated heterocycles. The highest BCUT2D eigenvalue weighted by Gasteiger charge is 2.62. The summed E-state index contributed by atoms with van der Waals surface area (Å²) in [7, 11) is 0.188. The first-order valence-electron chi connectivity index (χ1n) is 10.6. The number of nitrogens with two attached hydrogens (primary N) is 1. The van der Waals surface area contributed by atoms with Gasteiger partial charge in [0.15, 0.2) is 0 Å². The van der Waals surface area contributed by atoms with E-state index < -0.39 is 6.04 Å². The fourth-order valence-corrected chi connectivity index (χ4v) is 8.04. The van der Waals surface area contributed by atoms with Crippen molar-refractivity contribution in [2.45, 2.75) is 76.4 Å². The monoisotopic (exact) mass is 371 g/mol. The molecule has 6 nitrogen and oxygen atoms in total. The summed E-state index contributed by atoms with van der Waals surface area (Å²) in [6.07, 6.45) is 9.60. The van der Waals surface area contributed by atoms with Gasteiger partial charge in [0, 0.05) is 6.04 Å². The van der Waals surface area contributed by atoms with E-state index in [0.717, 1.165) is 31.9 Å². The predicted octanol–water partition coefficient (Wildman–Crippen LogP) is 0.568. The molecule has 7 heteroatoms. The molecule has 2 amide bonds. The number of nitrogens with one attached hydrogen (secondary N) is 1. The second kappa shape index (κ2) is 5.82. The van der Waals surface area contributed by atoms with Crippen molar-refractivity contribution in [3.05, 3.63) is 0 Å². The summed E-state index contributed by atoms with van der Waals surface area (Å²) in [4.78, 5) is 38.7. The van der Waals surface area contributed by atoms with Gasteiger partial charge in [-0.3, -0.25) is 9.59 Å². The van der Waals surface area contributed by atoms with E-state index in [1.54, 1.807) is 4.90 Å². The van der Waals surface area contributed by atoms with Gasteiger partial charge >= 0.3 is 0 Å². The molecular weight excluding hydrogens is 341 g/mol. The van der Waals surface area contributed by atoms with E-state index in [-0.39, 0.29) is 36.7 Å². The molecule has 1 aliphatic heterocycles. The zero-order valence-corrected chi connectivity index (χ0v) is 16.2. The van der Waals surface area contributed by atoms with Crippen molar-refractivity contribution in [3.63, 3.8) is 0 Å². The first-order chi connectivity index (χ1) is 12.8. The van der Waals surface area contributed by atoms with Gasteiger partial charge < -0.3 is 20.7 Å². The molecule has 146 valence electrons. The Balaban J connectivity index is 1.47. The molecule has 1 heterocycles. The molecule has 5 aliphatic carbocycles. The van der Waals surface area contributed by atoms with Crippen molar-refractivity contribution in [1.82, 2.24) is 10.1 Å². The lowest BCUT2D eigenvalue weighted by atomic mass is 9.43. The standard InChI is InChI=1S/C20H30BN3O3/c1-19-5-11-2-12(6-19)8-20(7-11,9-19)16(23-21-10-25)18(27)24-14-3-13(14)4-15(24)17(22)26/h10-16,21,23H,2-9H2,1H3,(H2,22,26)/t11?,12?,13-,14?,15-,16+,19?,20?/m0/s1. The van der Waals surface area contributed by atoms with Crippen LogP contribution >= 0.6 is 0 Å². The first kappa shape index (κ1) is 17.7. The average Bonchev–Trinajstić information content (AvgIpc) is 3.22. The smallest absolute Gasteiger partial charge is 0.278 e. The summed E-state index contributed by atoms with van der Waals surface area (Å²) in [6, 6.07) is -0.652. The van der Waals surface area contributed by atoms with Crippen molar-refractivity contribution in [3.8, 4) is 0 Å². The van der Waals surface area contributed by atoms with E-state index in [1.165, 1.54) is 19.3 Å². The lowest BCUT2D eigenvalue weighted by molar-refractivity contribution is -0.155. The fourth-order valence-electron chi connectivity index (χ4n) is 8.04. The fraction of sp³-hybridized carbons (Fsp3) is 0.850. The number of primary amides is 1. The normalized spacial score (nSPS) is 47.4. The van der Waals surface area contributed by atoms with Crippen LogP contribution in [0.15, 0.2) is 0 Å². The van der Waals surface area contributed by atoms with Crippen LogP contribution in [0.1, 0.15) is 58.3 Å². The number of rotatable bonds is 6. The van der Waals surface area contributed by atoms with Crippen molar-refractivity contribution < 1.29 is 14.4 Å². The predicted molar refractivity (Wildman–Crippen MR) is 102 cm³/mol. The number of carbonyl (C=O) groups is 3. The van der Waals surface area contributed by atoms with Crippen LogP contribution < -0.4 is 11.0 Å². The van der Waals surface area contributed by atoms with Gasteiger partial charge in [0.2, 0.25) is 11.8 Å². The Bertz CT molecular complexity index is 684. The summed E-state index contributed by atoms with van der Waals surface area (Å²) in [6.45, 7) is 2.39. The maximum absolute atomic E-state index is 13.8. The Kier molecular flexibility index (Phi) is 3.82. The number of hydrogen-bond acceptors (Lipinski definition) is 4. The van der Waals surface area contributed by atoms with Crippen LogP contribution in [0, 0.1) is 28.6 Å². The first-order valence-corrected chi connectivity index (χ1v) is 10.6. The van der Waals surface area contributed by atoms with E-state index in [1.807, 2.05) is 0 Å². The molecule has 5 saturated carbocycles. The minimum Gasteiger partial charge on any atom is -0.368 e. The summed E-state index contributed by atoms with van der Waals surface area (Å²) < 4.78 is 0. The van der Waals surface area contributed by atoms with Gasteiger partial charge in [0.1, 0.15) is 6.04 Å². The van der Waals surface area contributed by atoms with E-state index in [0.29, 0.717) is 29.6 Å². The van der Waals surface area contributed by atoms with Crippen LogP contribution in [-0.4, -0.2) is 48.4 Å². The molecule has 6 atom stereocenters. The molecule has 27 heavy (non-hydrogen) atoms. The summed E-state index contributed by atoms with van der Waals surface area (Å²) in [5.41, 5.74) is 5.87. The zero-order chi connectivity index (χ0) is 19.0. The largest absolute Gasteiger partial charge is 0.368 e. The molecule has 6 aliphatic rings. The summed E-state index contributed by atoms with van der Waals surface area (Å²) >= 11 is 0. The minimum absolute atomic E-state index is 0.0243. The number of hydrogen-bond donors (Lipinski definition) is 2. The van der Waals surface area contributed by atoms with Crippen molar-refractivity contribution in [1.29, 1.82) is 0 Å². The van der Waals surface area contributed by atoms with Crippen LogP contribution in [0.3, 0.4) is 0 Å². The van der Waals surface area contributed by atoms with Gasteiger partial charge in [-0.1, -0.05) is 6.92 Å². The minimum atomic E-state index is -0.466. The maximum atomic E-state index is 13.8. The van der Waals surface area contributed by atoms with Gasteiger partial charge in [-0.25, -0.2) is 0 Å². The Morgan fingerprint density at radius 1 is 1.19 bits per heavy atom. The molecule has 0 radical (unpaired) electrons. The van der Waals surface area contributed by atoms with Crippen LogP contribution in [0.2, 0.25) is 0 Å². The van der Waals surface area contributed by atoms with Crippen molar-refractivity contribution in [2.24, 2.45) is 34.3 Å². The number of amides is 2. The molecule has 0 aromatic heterocycles. The number of fused-ring (bicyclic) bond motifs is 1. The molecule has 0 spiro atoms. The average molecular weight is 371 g/mol. The van der Waals surface area contributed by atoms with Gasteiger partial charge in [-0.15, -0.1) is 0 Å². The zero-order valence-electron chi connectivity index (χ0n) is 16.2. The highest BCUT2D eigenvalue weighted by molar-refractivity contribution is 6.64. The van der Waals surface area contributed by atoms with E-state index in [4.69, 9.17) is 5.73 Å². The summed E-state index contributed by atoms with van der Waals surface area (Å²) in [5.74, 6) is 1.47. The van der Waals surface area contributed by atoms with Crippen LogP contribution in [0.5, 0.6) is 0 Å². The van der Waals surface area contributed by atoms with Crippen molar-refractivity contribution in [2.75, 3.05) is 0 Å². The molecule has 3 unspecified atom stereocenters. The molecule has 4 bridgehead atoms. The highest BCUT2D eigenvalue weighted by atomic mass is 16.2. The second-order valence-corrected chi connectivity index (χ2v) is 10.6. The van der Waals surface area contributed by atoms with E-state index in [9.17, 15) is 14.4 Å². The number of likely N-dealkylation sites (tertiary alicyclic amines) is 1. The maximum Gasteiger partial charge on any atom is 0.278 e. The molecular formula is C20H30BN3O3. The summed E-state index contributed by atoms with van der Waals surface area (Å²) in [5, 5.41) is 3.31. The molecule has 6 fully saturated rings. The van der Waals surface area contributed by atoms with E-state index in [2.05, 4.69) is 12.2 Å². The third-order valence-electron chi connectivity index (χ3n) is 8.35. The second-order valence-electron chi connectivity index (χ2n) is 10.6. The number of piperidine rings is 1. The Labute approximate surface area is 161 Å². The van der Waals surface area contributed by atoms with Gasteiger partial charge in [-0.2, -0.15) is 0 Å². The highest BCUT2D eigenvalue weighted by Crippen LogP contribution is 2.66. The quantitative estimate of drug-likeness (QED) is 0.527. The molecule has 0 aromatic rings. The van der Waals surface area contributed by atoms with Crippen molar-refractivity contribution >= 4 is 25.4 Å². The number of carbonyl (C=O) groups excluding carboxylic acids is 3. The molecule has 0 aromatic carbocycles. The number of nitrogens with zero attached hydrogens (tertiary/aromatic N) is 1. The third kappa shape index (κ3) is 2.68. The van der Waals surface area contributed by atoms with Gasteiger partial charge in [0.25, 0.3) is 7.41 Å². The Hall–Kier alpha value is -1.37. The molecule has 6 rings (SSSR count). The Morgan fingerprint density at radius 3 is 2.48 bits per heavy atom. The van der Waals surface area contributed by atoms with Crippen LogP contribution in [0.25, 0.3) is 0 Å². The van der Waals surface area contributed by atoms with Crippen LogP contribution in [-0.2, 0) is 14.4 Å². The topological polar surface area (TPSA) is 92.5 Å². The lowest BCUT2D eigenvalue weighted by Gasteiger charge is -2.63. The van der Waals surface area contributed by atoms with E-state index >= 15 is 0 Å². The van der Waals surface area contributed by atoms with Gasteiger partial charge in [-0.05, 0) is 80.0 Å².